The molecule has 0 fully saturated rings. The summed E-state index contributed by atoms with van der Waals surface area (Å²) in [4.78, 5) is 0. The average molecular weight is 146 g/mol. The molecule has 2 atom stereocenters. The van der Waals surface area contributed by atoms with Crippen LogP contribution in [-0.2, 0) is 0 Å². The Kier molecular flexibility index (Phi) is 4.65. The van der Waals surface area contributed by atoms with Crippen LogP contribution in [0.2, 0.25) is 0 Å². The lowest BCUT2D eigenvalue weighted by atomic mass is 9.92. The van der Waals surface area contributed by atoms with Gasteiger partial charge in [-0.2, -0.15) is 0 Å². The van der Waals surface area contributed by atoms with Crippen molar-refractivity contribution >= 4 is 0 Å². The Morgan fingerprint density at radius 1 is 1.30 bits per heavy atom. The summed E-state index contributed by atoms with van der Waals surface area (Å²) in [6.07, 6.45) is 0.491. The summed E-state index contributed by atoms with van der Waals surface area (Å²) in [5.41, 5.74) is 0. The van der Waals surface area contributed by atoms with E-state index in [1.165, 1.54) is 0 Å². The van der Waals surface area contributed by atoms with Gasteiger partial charge in [-0.3, -0.25) is 0 Å². The molecular formula is C8H18O2. The maximum Gasteiger partial charge on any atom is 0.0613 e. The fourth-order valence-electron chi connectivity index (χ4n) is 1.02. The molecular weight excluding hydrogens is 128 g/mol. The molecule has 0 spiro atoms. The van der Waals surface area contributed by atoms with Crippen LogP contribution in [0, 0.1) is 11.8 Å². The zero-order valence-electron chi connectivity index (χ0n) is 7.04. The summed E-state index contributed by atoms with van der Waals surface area (Å²) in [6, 6.07) is 0. The summed E-state index contributed by atoms with van der Waals surface area (Å²) in [6.45, 7) is 5.99. The lowest BCUT2D eigenvalue weighted by Crippen LogP contribution is -2.27. The zero-order chi connectivity index (χ0) is 8.15. The van der Waals surface area contributed by atoms with E-state index < -0.39 is 0 Å². The summed E-state index contributed by atoms with van der Waals surface area (Å²) in [5.74, 6) is 0.303. The predicted octanol–water partition coefficient (Wildman–Crippen LogP) is 1.02. The molecule has 0 aliphatic heterocycles. The molecule has 62 valence electrons. The number of aliphatic hydroxyl groups is 2. The molecule has 0 bridgehead atoms. The standard InChI is InChI=1S/C8H18O2/c1-4-7(5-9)8(10)6(2)3/h6-10H,4-5H2,1-3H3/t7-,8+/m0/s1. The first kappa shape index (κ1) is 9.92. The van der Waals surface area contributed by atoms with Gasteiger partial charge in [0, 0.05) is 12.5 Å². The Hall–Kier alpha value is -0.0800. The quantitative estimate of drug-likeness (QED) is 0.621. The van der Waals surface area contributed by atoms with Crippen molar-refractivity contribution in [3.8, 4) is 0 Å². The second-order valence-electron chi connectivity index (χ2n) is 3.09. The molecule has 0 aromatic rings. The second-order valence-corrected chi connectivity index (χ2v) is 3.09. The van der Waals surface area contributed by atoms with Crippen LogP contribution in [0.1, 0.15) is 27.2 Å². The molecule has 2 N–H and O–H groups in total. The van der Waals surface area contributed by atoms with Gasteiger partial charge in [0.05, 0.1) is 6.10 Å². The second kappa shape index (κ2) is 4.69. The van der Waals surface area contributed by atoms with Crippen LogP contribution in [0.25, 0.3) is 0 Å². The molecule has 0 saturated carbocycles. The van der Waals surface area contributed by atoms with Crippen molar-refractivity contribution in [2.45, 2.75) is 33.3 Å². The monoisotopic (exact) mass is 146 g/mol. The van der Waals surface area contributed by atoms with Crippen molar-refractivity contribution < 1.29 is 10.2 Å². The molecule has 0 unspecified atom stereocenters. The van der Waals surface area contributed by atoms with Crippen molar-refractivity contribution in [1.29, 1.82) is 0 Å². The first-order chi connectivity index (χ1) is 4.63. The molecule has 0 aromatic heterocycles. The molecule has 0 saturated heterocycles. The van der Waals surface area contributed by atoms with Crippen LogP contribution in [0.5, 0.6) is 0 Å². The number of rotatable bonds is 4. The first-order valence-corrected chi connectivity index (χ1v) is 3.92. The van der Waals surface area contributed by atoms with E-state index in [0.717, 1.165) is 6.42 Å². The number of hydrogen-bond acceptors (Lipinski definition) is 2. The topological polar surface area (TPSA) is 40.5 Å². The van der Waals surface area contributed by atoms with Gasteiger partial charge in [0.2, 0.25) is 0 Å². The third kappa shape index (κ3) is 2.67. The maximum atomic E-state index is 9.43. The van der Waals surface area contributed by atoms with Crippen LogP contribution >= 0.6 is 0 Å². The average Bonchev–Trinajstić information content (AvgIpc) is 1.90. The van der Waals surface area contributed by atoms with E-state index in [9.17, 15) is 5.11 Å². The molecule has 10 heavy (non-hydrogen) atoms. The fourth-order valence-corrected chi connectivity index (χ4v) is 1.02. The van der Waals surface area contributed by atoms with Gasteiger partial charge in [-0.15, -0.1) is 0 Å². The van der Waals surface area contributed by atoms with Gasteiger partial charge in [-0.1, -0.05) is 20.8 Å². The van der Waals surface area contributed by atoms with Gasteiger partial charge < -0.3 is 10.2 Å². The van der Waals surface area contributed by atoms with Crippen LogP contribution < -0.4 is 0 Å². The number of aliphatic hydroxyl groups excluding tert-OH is 2. The highest BCUT2D eigenvalue weighted by molar-refractivity contribution is 4.69. The Balaban J connectivity index is 3.76. The molecule has 0 amide bonds. The van der Waals surface area contributed by atoms with E-state index >= 15 is 0 Å². The minimum absolute atomic E-state index is 0.0556. The van der Waals surface area contributed by atoms with E-state index in [-0.39, 0.29) is 24.5 Å². The fraction of sp³-hybridized carbons (Fsp3) is 1.00. The van der Waals surface area contributed by atoms with Gasteiger partial charge in [0.25, 0.3) is 0 Å². The number of hydrogen-bond donors (Lipinski definition) is 2. The van der Waals surface area contributed by atoms with Gasteiger partial charge in [0.15, 0.2) is 0 Å². The highest BCUT2D eigenvalue weighted by atomic mass is 16.3. The van der Waals surface area contributed by atoms with Crippen molar-refractivity contribution in [3.05, 3.63) is 0 Å². The Morgan fingerprint density at radius 3 is 1.90 bits per heavy atom. The molecule has 0 aliphatic rings. The summed E-state index contributed by atoms with van der Waals surface area (Å²) in [5, 5.41) is 18.2. The predicted molar refractivity (Wildman–Crippen MR) is 41.7 cm³/mol. The van der Waals surface area contributed by atoms with E-state index in [0.29, 0.717) is 0 Å². The van der Waals surface area contributed by atoms with Crippen molar-refractivity contribution in [2.24, 2.45) is 11.8 Å². The Morgan fingerprint density at radius 2 is 1.80 bits per heavy atom. The molecule has 0 heterocycles. The molecule has 2 nitrogen and oxygen atoms in total. The molecule has 0 radical (unpaired) electrons. The van der Waals surface area contributed by atoms with Gasteiger partial charge in [-0.05, 0) is 12.3 Å². The van der Waals surface area contributed by atoms with Crippen molar-refractivity contribution in [2.75, 3.05) is 6.61 Å². The van der Waals surface area contributed by atoms with Crippen molar-refractivity contribution in [3.63, 3.8) is 0 Å². The Labute approximate surface area is 62.9 Å². The molecule has 2 heteroatoms. The van der Waals surface area contributed by atoms with E-state index in [2.05, 4.69) is 0 Å². The summed E-state index contributed by atoms with van der Waals surface area (Å²) >= 11 is 0. The van der Waals surface area contributed by atoms with E-state index in [1.54, 1.807) is 0 Å². The smallest absolute Gasteiger partial charge is 0.0613 e. The molecule has 0 rings (SSSR count). The van der Waals surface area contributed by atoms with Crippen LogP contribution in [0.4, 0.5) is 0 Å². The highest BCUT2D eigenvalue weighted by Crippen LogP contribution is 2.14. The van der Waals surface area contributed by atoms with E-state index in [1.807, 2.05) is 20.8 Å². The first-order valence-electron chi connectivity index (χ1n) is 3.92. The summed E-state index contributed by atoms with van der Waals surface area (Å²) in [7, 11) is 0. The van der Waals surface area contributed by atoms with Crippen LogP contribution in [0.3, 0.4) is 0 Å². The minimum Gasteiger partial charge on any atom is -0.396 e. The Bertz CT molecular complexity index is 77.3. The SMILES string of the molecule is CC[C@@H](CO)[C@H](O)C(C)C. The van der Waals surface area contributed by atoms with Gasteiger partial charge in [-0.25, -0.2) is 0 Å². The van der Waals surface area contributed by atoms with Crippen LogP contribution in [-0.4, -0.2) is 22.9 Å². The van der Waals surface area contributed by atoms with Crippen molar-refractivity contribution in [1.82, 2.24) is 0 Å². The molecule has 0 aliphatic carbocycles. The van der Waals surface area contributed by atoms with Gasteiger partial charge >= 0.3 is 0 Å². The van der Waals surface area contributed by atoms with E-state index in [4.69, 9.17) is 5.11 Å². The normalized spacial score (nSPS) is 17.4. The lowest BCUT2D eigenvalue weighted by Gasteiger charge is -2.22. The lowest BCUT2D eigenvalue weighted by molar-refractivity contribution is 0.0321. The zero-order valence-corrected chi connectivity index (χ0v) is 7.04. The summed E-state index contributed by atoms with van der Waals surface area (Å²) < 4.78 is 0. The highest BCUT2D eigenvalue weighted by Gasteiger charge is 2.18. The minimum atomic E-state index is -0.352. The largest absolute Gasteiger partial charge is 0.396 e. The van der Waals surface area contributed by atoms with Crippen LogP contribution in [0.15, 0.2) is 0 Å². The maximum absolute atomic E-state index is 9.43. The molecule has 0 aromatic carbocycles. The van der Waals surface area contributed by atoms with Gasteiger partial charge in [0.1, 0.15) is 0 Å². The third-order valence-electron chi connectivity index (χ3n) is 1.92. The third-order valence-corrected chi connectivity index (χ3v) is 1.92.